The topological polar surface area (TPSA) is 237 Å². The van der Waals surface area contributed by atoms with Crippen molar-refractivity contribution in [2.75, 3.05) is 39.6 Å². The Kier molecular flexibility index (Phi) is 61.8. The SMILES string of the molecule is CCCCCCCCCCCCC(=O)O[C@H](COC(=O)CCCCCCCCCCC)COP(=O)(O)OC[C@H](O)COP(=O)(O)OC[C@@H](COC(=O)CCCCCCCCCCCCC(C)CC)OC(=O)CCCCCCCCCCCCCCCCC(C)C. The third-order valence-corrected chi connectivity index (χ3v) is 18.7. The van der Waals surface area contributed by atoms with Crippen molar-refractivity contribution in [3.8, 4) is 0 Å². The van der Waals surface area contributed by atoms with Crippen LogP contribution in [-0.2, 0) is 65.4 Å². The van der Waals surface area contributed by atoms with Gasteiger partial charge in [-0.15, -0.1) is 0 Å². The number of ether oxygens (including phenoxy) is 4. The lowest BCUT2D eigenvalue weighted by Gasteiger charge is -2.21. The van der Waals surface area contributed by atoms with Gasteiger partial charge in [0.1, 0.15) is 19.3 Å². The van der Waals surface area contributed by atoms with E-state index < -0.39 is 97.5 Å². The average Bonchev–Trinajstić information content (AvgIpc) is 2.96. The second-order valence-electron chi connectivity index (χ2n) is 26.3. The van der Waals surface area contributed by atoms with Crippen LogP contribution in [0.25, 0.3) is 0 Å². The van der Waals surface area contributed by atoms with Crippen LogP contribution in [0.15, 0.2) is 0 Å². The molecule has 0 aliphatic carbocycles. The number of phosphoric acid groups is 2. The minimum absolute atomic E-state index is 0.106. The normalized spacial score (nSPS) is 14.4. The highest BCUT2D eigenvalue weighted by molar-refractivity contribution is 7.47. The summed E-state index contributed by atoms with van der Waals surface area (Å²) in [5.41, 5.74) is 0. The van der Waals surface area contributed by atoms with Gasteiger partial charge in [-0.25, -0.2) is 9.13 Å². The molecule has 0 aliphatic rings. The minimum atomic E-state index is -4.95. The number of aliphatic hydroxyl groups excluding tert-OH is 1. The van der Waals surface area contributed by atoms with Crippen LogP contribution in [0.5, 0.6) is 0 Å². The Morgan fingerprint density at radius 1 is 0.322 bits per heavy atom. The van der Waals surface area contributed by atoms with Gasteiger partial charge in [0.05, 0.1) is 26.4 Å². The van der Waals surface area contributed by atoms with E-state index in [1.165, 1.54) is 180 Å². The van der Waals surface area contributed by atoms with Crippen LogP contribution < -0.4 is 0 Å². The van der Waals surface area contributed by atoms with E-state index in [1.807, 2.05) is 0 Å². The summed E-state index contributed by atoms with van der Waals surface area (Å²) in [7, 11) is -9.90. The number of esters is 4. The van der Waals surface area contributed by atoms with Crippen molar-refractivity contribution in [1.29, 1.82) is 0 Å². The fraction of sp³-hybridized carbons (Fsp3) is 0.944. The Morgan fingerprint density at radius 3 is 0.844 bits per heavy atom. The molecule has 90 heavy (non-hydrogen) atoms. The van der Waals surface area contributed by atoms with E-state index in [0.717, 1.165) is 102 Å². The molecule has 0 aliphatic heterocycles. The summed E-state index contributed by atoms with van der Waals surface area (Å²) in [5, 5.41) is 10.6. The summed E-state index contributed by atoms with van der Waals surface area (Å²) >= 11 is 0. The van der Waals surface area contributed by atoms with E-state index in [9.17, 15) is 43.2 Å². The van der Waals surface area contributed by atoms with Crippen molar-refractivity contribution >= 4 is 39.5 Å². The number of carbonyl (C=O) groups is 4. The van der Waals surface area contributed by atoms with Crippen LogP contribution in [0.3, 0.4) is 0 Å². The van der Waals surface area contributed by atoms with Crippen LogP contribution in [0.2, 0.25) is 0 Å². The van der Waals surface area contributed by atoms with Crippen molar-refractivity contribution in [1.82, 2.24) is 0 Å². The fourth-order valence-electron chi connectivity index (χ4n) is 10.7. The van der Waals surface area contributed by atoms with Crippen LogP contribution in [-0.4, -0.2) is 96.7 Å². The zero-order chi connectivity index (χ0) is 66.5. The summed E-state index contributed by atoms with van der Waals surface area (Å²) in [6.45, 7) is 9.58. The summed E-state index contributed by atoms with van der Waals surface area (Å²) in [6.07, 6.45) is 48.4. The monoisotopic (exact) mass is 1320 g/mol. The van der Waals surface area contributed by atoms with Crippen molar-refractivity contribution in [3.05, 3.63) is 0 Å². The standard InChI is InChI=1S/C71H138O17P2/c1-7-10-12-14-16-18-30-37-43-49-55-70(75)87-66(59-81-68(73)53-47-41-35-27-17-15-13-11-8-2)61-85-89(77,78)83-57-65(72)58-84-90(79,80)86-62-67(60-82-69(74)54-48-42-36-31-26-25-29-34-40-46-52-64(6)9-3)88-71(76)56-50-44-38-32-24-22-20-19-21-23-28-33-39-45-51-63(4)5/h63-67,72H,7-62H2,1-6H3,(H,77,78)(H,79,80)/t64?,65-,66+,67+/m0/s1. The molecule has 0 bridgehead atoms. The third-order valence-electron chi connectivity index (χ3n) is 16.8. The van der Waals surface area contributed by atoms with Gasteiger partial charge in [-0.1, -0.05) is 311 Å². The molecule has 6 atom stereocenters. The van der Waals surface area contributed by atoms with Crippen LogP contribution in [0, 0.1) is 11.8 Å². The predicted octanol–water partition coefficient (Wildman–Crippen LogP) is 20.4. The molecular weight excluding hydrogens is 1190 g/mol. The van der Waals surface area contributed by atoms with E-state index in [4.69, 9.17) is 37.0 Å². The number of rotatable bonds is 70. The van der Waals surface area contributed by atoms with Gasteiger partial charge in [0.25, 0.3) is 0 Å². The summed E-state index contributed by atoms with van der Waals surface area (Å²) in [6, 6.07) is 0. The first-order valence-electron chi connectivity index (χ1n) is 37.0. The molecule has 534 valence electrons. The second kappa shape index (κ2) is 63.1. The molecule has 0 saturated heterocycles. The maximum absolute atomic E-state index is 13.0. The van der Waals surface area contributed by atoms with E-state index in [0.29, 0.717) is 25.7 Å². The van der Waals surface area contributed by atoms with Gasteiger partial charge >= 0.3 is 39.5 Å². The number of unbranched alkanes of at least 4 members (excludes halogenated alkanes) is 39. The molecule has 0 rings (SSSR count). The van der Waals surface area contributed by atoms with Crippen molar-refractivity contribution < 1.29 is 80.2 Å². The van der Waals surface area contributed by atoms with Gasteiger partial charge in [-0.05, 0) is 37.5 Å². The smallest absolute Gasteiger partial charge is 0.462 e. The molecule has 0 aromatic rings. The van der Waals surface area contributed by atoms with Gasteiger partial charge in [-0.2, -0.15) is 0 Å². The number of aliphatic hydroxyl groups is 1. The molecule has 17 nitrogen and oxygen atoms in total. The van der Waals surface area contributed by atoms with Gasteiger partial charge in [-0.3, -0.25) is 37.3 Å². The number of hydrogen-bond acceptors (Lipinski definition) is 15. The van der Waals surface area contributed by atoms with E-state index in [1.54, 1.807) is 0 Å². The highest BCUT2D eigenvalue weighted by Gasteiger charge is 2.30. The molecule has 0 aromatic carbocycles. The maximum Gasteiger partial charge on any atom is 0.472 e. The molecule has 3 N–H and O–H groups in total. The van der Waals surface area contributed by atoms with Crippen LogP contribution in [0.1, 0.15) is 363 Å². The molecule has 0 spiro atoms. The molecule has 0 heterocycles. The first-order chi connectivity index (χ1) is 43.4. The van der Waals surface area contributed by atoms with Crippen LogP contribution >= 0.6 is 15.6 Å². The largest absolute Gasteiger partial charge is 0.472 e. The molecule has 0 amide bonds. The summed E-state index contributed by atoms with van der Waals surface area (Å²) in [4.78, 5) is 72.5. The molecule has 3 unspecified atom stereocenters. The zero-order valence-corrected chi connectivity index (χ0v) is 60.2. The van der Waals surface area contributed by atoms with Gasteiger partial charge in [0, 0.05) is 25.7 Å². The Balaban J connectivity index is 5.23. The lowest BCUT2D eigenvalue weighted by Crippen LogP contribution is -2.30. The molecule has 19 heteroatoms. The van der Waals surface area contributed by atoms with Gasteiger partial charge in [0.15, 0.2) is 12.2 Å². The molecule has 0 saturated carbocycles. The first-order valence-corrected chi connectivity index (χ1v) is 40.0. The zero-order valence-electron chi connectivity index (χ0n) is 58.4. The minimum Gasteiger partial charge on any atom is -0.462 e. The summed E-state index contributed by atoms with van der Waals surface area (Å²) in [5.74, 6) is -0.519. The van der Waals surface area contributed by atoms with Gasteiger partial charge < -0.3 is 33.8 Å². The lowest BCUT2D eigenvalue weighted by atomic mass is 9.99. The third kappa shape index (κ3) is 63.5. The number of phosphoric ester groups is 2. The second-order valence-corrected chi connectivity index (χ2v) is 29.3. The quantitative estimate of drug-likeness (QED) is 0.0222. The molecular formula is C71H138O17P2. The van der Waals surface area contributed by atoms with Crippen molar-refractivity contribution in [2.24, 2.45) is 11.8 Å². The maximum atomic E-state index is 13.0. The van der Waals surface area contributed by atoms with Crippen molar-refractivity contribution in [3.63, 3.8) is 0 Å². The summed E-state index contributed by atoms with van der Waals surface area (Å²) < 4.78 is 68.3. The molecule has 0 aromatic heterocycles. The van der Waals surface area contributed by atoms with E-state index in [2.05, 4.69) is 41.5 Å². The van der Waals surface area contributed by atoms with Crippen LogP contribution in [0.4, 0.5) is 0 Å². The Morgan fingerprint density at radius 2 is 0.567 bits per heavy atom. The Bertz CT molecular complexity index is 1750. The highest BCUT2D eigenvalue weighted by Crippen LogP contribution is 2.45. The predicted molar refractivity (Wildman–Crippen MR) is 363 cm³/mol. The van der Waals surface area contributed by atoms with E-state index >= 15 is 0 Å². The van der Waals surface area contributed by atoms with Crippen molar-refractivity contribution in [2.45, 2.75) is 381 Å². The average molecular weight is 1330 g/mol. The molecule has 0 fully saturated rings. The molecule has 0 radical (unpaired) electrons. The van der Waals surface area contributed by atoms with Gasteiger partial charge in [0.2, 0.25) is 0 Å². The lowest BCUT2D eigenvalue weighted by molar-refractivity contribution is -0.161. The number of hydrogen-bond donors (Lipinski definition) is 3. The number of carbonyl (C=O) groups excluding carboxylic acids is 4. The fourth-order valence-corrected chi connectivity index (χ4v) is 12.3. The van der Waals surface area contributed by atoms with E-state index in [-0.39, 0.29) is 25.7 Å². The Hall–Kier alpha value is -1.94. The Labute approximate surface area is 549 Å². The first kappa shape index (κ1) is 88.1. The highest BCUT2D eigenvalue weighted by atomic mass is 31.2.